The van der Waals surface area contributed by atoms with Crippen LogP contribution in [-0.4, -0.2) is 30.6 Å². The monoisotopic (exact) mass is 477 g/mol. The molecular formula is C25H20ClN3O3S. The maximum absolute atomic E-state index is 13.6. The molecule has 4 aromatic rings. The Hall–Kier alpha value is -3.42. The van der Waals surface area contributed by atoms with Crippen LogP contribution in [0.2, 0.25) is 5.15 Å². The Balaban J connectivity index is 1.66. The normalized spacial score (nSPS) is 16.1. The first kappa shape index (κ1) is 21.4. The molecule has 0 fully saturated rings. The summed E-state index contributed by atoms with van der Waals surface area (Å²) in [6, 6.07) is 24.5. The molecule has 33 heavy (non-hydrogen) atoms. The minimum Gasteiger partial charge on any atom is -0.497 e. The van der Waals surface area contributed by atoms with E-state index in [0.29, 0.717) is 23.4 Å². The number of ether oxygens (including phenoxy) is 1. The highest BCUT2D eigenvalue weighted by molar-refractivity contribution is 7.89. The number of pyridine rings is 1. The molecule has 0 spiro atoms. The smallest absolute Gasteiger partial charge is 0.279 e. The molecule has 8 heteroatoms. The summed E-state index contributed by atoms with van der Waals surface area (Å²) >= 11 is 6.58. The third-order valence-electron chi connectivity index (χ3n) is 5.63. The number of para-hydroxylation sites is 1. The highest BCUT2D eigenvalue weighted by atomic mass is 35.5. The van der Waals surface area contributed by atoms with Gasteiger partial charge in [-0.15, -0.1) is 0 Å². The molecule has 0 aliphatic carbocycles. The largest absolute Gasteiger partial charge is 0.497 e. The van der Waals surface area contributed by atoms with Gasteiger partial charge < -0.3 is 4.74 Å². The number of benzene rings is 3. The number of nitrogens with zero attached hydrogens (tertiary/aromatic N) is 3. The van der Waals surface area contributed by atoms with Gasteiger partial charge in [0, 0.05) is 22.9 Å². The number of halogens is 1. The standard InChI is InChI=1S/C25H20ClN3O3S/c1-32-19-10-7-9-17(14-19)23-16-24(21-15-18-8-5-6-13-22(18)27-25(21)26)29(28-23)33(30,31)20-11-3-2-4-12-20/h2-15,24H,16H2,1H3. The van der Waals surface area contributed by atoms with Gasteiger partial charge in [0.15, 0.2) is 0 Å². The molecule has 5 rings (SSSR count). The lowest BCUT2D eigenvalue weighted by Crippen LogP contribution is -2.27. The third-order valence-corrected chi connectivity index (χ3v) is 7.63. The van der Waals surface area contributed by atoms with Crippen molar-refractivity contribution in [2.24, 2.45) is 5.10 Å². The average Bonchev–Trinajstić information content (AvgIpc) is 3.30. The van der Waals surface area contributed by atoms with Gasteiger partial charge >= 0.3 is 0 Å². The molecule has 0 amide bonds. The molecule has 166 valence electrons. The number of aromatic nitrogens is 1. The van der Waals surface area contributed by atoms with Gasteiger partial charge in [-0.25, -0.2) is 4.98 Å². The van der Waals surface area contributed by atoms with Gasteiger partial charge in [0.25, 0.3) is 10.0 Å². The molecule has 1 aromatic heterocycles. The van der Waals surface area contributed by atoms with Crippen LogP contribution in [-0.2, 0) is 10.0 Å². The van der Waals surface area contributed by atoms with Crippen LogP contribution in [0.25, 0.3) is 10.9 Å². The summed E-state index contributed by atoms with van der Waals surface area (Å²) in [6.45, 7) is 0. The molecule has 6 nitrogen and oxygen atoms in total. The zero-order chi connectivity index (χ0) is 23.0. The van der Waals surface area contributed by atoms with Gasteiger partial charge in [-0.05, 0) is 36.4 Å². The predicted molar refractivity (Wildman–Crippen MR) is 129 cm³/mol. The van der Waals surface area contributed by atoms with Crippen molar-refractivity contribution in [3.05, 3.63) is 101 Å². The van der Waals surface area contributed by atoms with E-state index in [9.17, 15) is 8.42 Å². The van der Waals surface area contributed by atoms with Gasteiger partial charge in [0.05, 0.1) is 29.3 Å². The fourth-order valence-electron chi connectivity index (χ4n) is 3.96. The SMILES string of the molecule is COc1cccc(C2=NN(S(=O)(=O)c3ccccc3)C(c3cc4ccccc4nc3Cl)C2)c1. The minimum atomic E-state index is -3.93. The van der Waals surface area contributed by atoms with Crippen molar-refractivity contribution in [1.82, 2.24) is 9.40 Å². The second-order valence-electron chi connectivity index (χ2n) is 7.65. The van der Waals surface area contributed by atoms with Crippen molar-refractivity contribution in [2.45, 2.75) is 17.4 Å². The molecule has 2 heterocycles. The summed E-state index contributed by atoms with van der Waals surface area (Å²) in [7, 11) is -2.35. The van der Waals surface area contributed by atoms with Crippen LogP contribution >= 0.6 is 11.6 Å². The Morgan fingerprint density at radius 1 is 0.970 bits per heavy atom. The van der Waals surface area contributed by atoms with Crippen LogP contribution in [0.4, 0.5) is 0 Å². The Labute approximate surface area is 197 Å². The van der Waals surface area contributed by atoms with Crippen LogP contribution in [0, 0.1) is 0 Å². The van der Waals surface area contributed by atoms with Crippen molar-refractivity contribution < 1.29 is 13.2 Å². The topological polar surface area (TPSA) is 71.9 Å². The number of methoxy groups -OCH3 is 1. The third kappa shape index (κ3) is 3.94. The van der Waals surface area contributed by atoms with Gasteiger partial charge in [-0.1, -0.05) is 60.1 Å². The van der Waals surface area contributed by atoms with E-state index in [4.69, 9.17) is 16.3 Å². The zero-order valence-corrected chi connectivity index (χ0v) is 19.3. The summed E-state index contributed by atoms with van der Waals surface area (Å²) in [6.07, 6.45) is 0.346. The predicted octanol–water partition coefficient (Wildman–Crippen LogP) is 5.44. The van der Waals surface area contributed by atoms with Gasteiger partial charge in [-0.2, -0.15) is 17.9 Å². The van der Waals surface area contributed by atoms with E-state index in [1.807, 2.05) is 54.6 Å². The number of fused-ring (bicyclic) bond motifs is 1. The maximum atomic E-state index is 13.6. The quantitative estimate of drug-likeness (QED) is 0.359. The lowest BCUT2D eigenvalue weighted by Gasteiger charge is -2.24. The first-order valence-corrected chi connectivity index (χ1v) is 12.2. The number of hydrogen-bond donors (Lipinski definition) is 0. The Kier molecular flexibility index (Phi) is 5.52. The molecule has 0 bridgehead atoms. The number of sulfonamides is 1. The fourth-order valence-corrected chi connectivity index (χ4v) is 5.68. The summed E-state index contributed by atoms with van der Waals surface area (Å²) in [5.74, 6) is 0.668. The van der Waals surface area contributed by atoms with E-state index >= 15 is 0 Å². The molecule has 1 aliphatic rings. The lowest BCUT2D eigenvalue weighted by molar-refractivity contribution is 0.371. The van der Waals surface area contributed by atoms with Crippen LogP contribution < -0.4 is 4.74 Å². The Bertz CT molecular complexity index is 1470. The molecule has 3 aromatic carbocycles. The van der Waals surface area contributed by atoms with Crippen LogP contribution in [0.3, 0.4) is 0 Å². The van der Waals surface area contributed by atoms with E-state index in [2.05, 4.69) is 10.1 Å². The first-order valence-electron chi connectivity index (χ1n) is 10.3. The van der Waals surface area contributed by atoms with Gasteiger partial charge in [0.1, 0.15) is 10.9 Å². The van der Waals surface area contributed by atoms with Crippen LogP contribution in [0.5, 0.6) is 5.75 Å². The Morgan fingerprint density at radius 3 is 2.52 bits per heavy atom. The van der Waals surface area contributed by atoms with Crippen molar-refractivity contribution in [3.63, 3.8) is 0 Å². The van der Waals surface area contributed by atoms with Crippen molar-refractivity contribution >= 4 is 38.2 Å². The number of rotatable bonds is 5. The summed E-state index contributed by atoms with van der Waals surface area (Å²) in [4.78, 5) is 4.67. The van der Waals surface area contributed by atoms with E-state index in [1.54, 1.807) is 37.4 Å². The molecule has 0 saturated carbocycles. The summed E-state index contributed by atoms with van der Waals surface area (Å²) in [5, 5.41) is 5.72. The molecule has 0 saturated heterocycles. The van der Waals surface area contributed by atoms with Crippen molar-refractivity contribution in [1.29, 1.82) is 0 Å². The van der Waals surface area contributed by atoms with E-state index < -0.39 is 16.1 Å². The number of hydrazone groups is 1. The average molecular weight is 478 g/mol. The molecule has 1 aliphatic heterocycles. The molecule has 0 N–H and O–H groups in total. The fraction of sp³-hybridized carbons (Fsp3) is 0.120. The molecule has 1 unspecified atom stereocenters. The van der Waals surface area contributed by atoms with Crippen LogP contribution in [0.15, 0.2) is 94.9 Å². The van der Waals surface area contributed by atoms with E-state index in [1.165, 1.54) is 0 Å². The van der Waals surface area contributed by atoms with Crippen molar-refractivity contribution in [2.75, 3.05) is 7.11 Å². The lowest BCUT2D eigenvalue weighted by atomic mass is 9.99. The Morgan fingerprint density at radius 2 is 1.73 bits per heavy atom. The highest BCUT2D eigenvalue weighted by Crippen LogP contribution is 2.40. The minimum absolute atomic E-state index is 0.163. The molecule has 0 radical (unpaired) electrons. The highest BCUT2D eigenvalue weighted by Gasteiger charge is 2.39. The first-order chi connectivity index (χ1) is 16.0. The zero-order valence-electron chi connectivity index (χ0n) is 17.7. The summed E-state index contributed by atoms with van der Waals surface area (Å²) in [5.41, 5.74) is 2.77. The molecular weight excluding hydrogens is 458 g/mol. The number of hydrogen-bond acceptors (Lipinski definition) is 5. The summed E-state index contributed by atoms with van der Waals surface area (Å²) < 4.78 is 33.7. The second-order valence-corrected chi connectivity index (χ2v) is 9.80. The van der Waals surface area contributed by atoms with Gasteiger partial charge in [0.2, 0.25) is 0 Å². The van der Waals surface area contributed by atoms with E-state index in [0.717, 1.165) is 20.9 Å². The van der Waals surface area contributed by atoms with Gasteiger partial charge in [-0.3, -0.25) is 0 Å². The van der Waals surface area contributed by atoms with Crippen molar-refractivity contribution in [3.8, 4) is 5.75 Å². The molecule has 1 atom stereocenters. The van der Waals surface area contributed by atoms with E-state index in [-0.39, 0.29) is 10.0 Å². The van der Waals surface area contributed by atoms with Crippen LogP contribution in [0.1, 0.15) is 23.6 Å². The second kappa shape index (κ2) is 8.50. The maximum Gasteiger partial charge on any atom is 0.279 e.